The lowest BCUT2D eigenvalue weighted by Gasteiger charge is -2.28. The lowest BCUT2D eigenvalue weighted by Crippen LogP contribution is -2.43. The number of rotatable bonds is 2. The number of nitrogens with zero attached hydrogens (tertiary/aromatic N) is 3. The Labute approximate surface area is 106 Å². The quantitative estimate of drug-likeness (QED) is 0.816. The van der Waals surface area contributed by atoms with Crippen LogP contribution in [0.15, 0.2) is 23.4 Å². The van der Waals surface area contributed by atoms with Crippen LogP contribution in [0.1, 0.15) is 18.4 Å². The first-order valence-corrected chi connectivity index (χ1v) is 7.10. The number of sulfonamides is 1. The van der Waals surface area contributed by atoms with Crippen molar-refractivity contribution in [3.63, 3.8) is 0 Å². The standard InChI is InChI=1S/C11H14N4O2S/c12-8-9-1-4-14-11(7-9)18(16,17)15-5-2-10(13)3-6-15/h1,4,7,10H,2-3,5-6,13H2. The first kappa shape index (κ1) is 13.0. The van der Waals surface area contributed by atoms with Gasteiger partial charge in [-0.3, -0.25) is 0 Å². The zero-order chi connectivity index (χ0) is 13.2. The summed E-state index contributed by atoms with van der Waals surface area (Å²) in [7, 11) is -3.60. The van der Waals surface area contributed by atoms with E-state index in [-0.39, 0.29) is 16.6 Å². The van der Waals surface area contributed by atoms with Gasteiger partial charge < -0.3 is 5.73 Å². The second-order valence-electron chi connectivity index (χ2n) is 4.24. The summed E-state index contributed by atoms with van der Waals surface area (Å²) in [5.41, 5.74) is 6.03. The van der Waals surface area contributed by atoms with E-state index in [9.17, 15) is 8.42 Å². The van der Waals surface area contributed by atoms with Gasteiger partial charge >= 0.3 is 0 Å². The Morgan fingerprint density at radius 1 is 1.44 bits per heavy atom. The van der Waals surface area contributed by atoms with Crippen LogP contribution >= 0.6 is 0 Å². The topological polar surface area (TPSA) is 100 Å². The maximum atomic E-state index is 12.3. The van der Waals surface area contributed by atoms with Gasteiger partial charge in [0.15, 0.2) is 5.03 Å². The highest BCUT2D eigenvalue weighted by Crippen LogP contribution is 2.19. The molecule has 18 heavy (non-hydrogen) atoms. The molecule has 2 N–H and O–H groups in total. The Bertz CT molecular complexity index is 571. The molecular formula is C11H14N4O2S. The second kappa shape index (κ2) is 5.02. The highest BCUT2D eigenvalue weighted by molar-refractivity contribution is 7.89. The molecule has 0 aromatic carbocycles. The minimum absolute atomic E-state index is 0.0647. The van der Waals surface area contributed by atoms with E-state index in [1.54, 1.807) is 0 Å². The molecule has 96 valence electrons. The molecule has 1 aliphatic heterocycles. The summed E-state index contributed by atoms with van der Waals surface area (Å²) >= 11 is 0. The molecule has 1 aromatic rings. The molecule has 1 aromatic heterocycles. The minimum atomic E-state index is -3.60. The highest BCUT2D eigenvalue weighted by Gasteiger charge is 2.29. The summed E-state index contributed by atoms with van der Waals surface area (Å²) in [6.07, 6.45) is 2.63. The number of hydrogen-bond acceptors (Lipinski definition) is 5. The summed E-state index contributed by atoms with van der Waals surface area (Å²) in [6, 6.07) is 4.74. The van der Waals surface area contributed by atoms with Gasteiger partial charge in [-0.2, -0.15) is 9.57 Å². The van der Waals surface area contributed by atoms with Crippen molar-refractivity contribution in [2.24, 2.45) is 5.73 Å². The molecule has 0 amide bonds. The third kappa shape index (κ3) is 2.51. The van der Waals surface area contributed by atoms with E-state index in [2.05, 4.69) is 4.98 Å². The van der Waals surface area contributed by atoms with Crippen molar-refractivity contribution in [2.45, 2.75) is 23.9 Å². The largest absolute Gasteiger partial charge is 0.328 e. The molecule has 7 heteroatoms. The van der Waals surface area contributed by atoms with Crippen molar-refractivity contribution in [1.29, 1.82) is 5.26 Å². The molecule has 0 saturated carbocycles. The van der Waals surface area contributed by atoms with Gasteiger partial charge in [0.25, 0.3) is 10.0 Å². The summed E-state index contributed by atoms with van der Waals surface area (Å²) in [4.78, 5) is 3.84. The molecule has 1 fully saturated rings. The van der Waals surface area contributed by atoms with Gasteiger partial charge in [0, 0.05) is 25.3 Å². The van der Waals surface area contributed by atoms with E-state index >= 15 is 0 Å². The maximum absolute atomic E-state index is 12.3. The zero-order valence-corrected chi connectivity index (χ0v) is 10.6. The van der Waals surface area contributed by atoms with Crippen molar-refractivity contribution in [1.82, 2.24) is 9.29 Å². The van der Waals surface area contributed by atoms with Crippen molar-refractivity contribution in [3.8, 4) is 6.07 Å². The molecule has 0 bridgehead atoms. The molecule has 0 radical (unpaired) electrons. The number of aromatic nitrogens is 1. The van der Waals surface area contributed by atoms with Crippen LogP contribution in [0.25, 0.3) is 0 Å². The molecule has 1 aliphatic rings. The smallest absolute Gasteiger partial charge is 0.260 e. The first-order chi connectivity index (χ1) is 8.54. The van der Waals surface area contributed by atoms with Crippen molar-refractivity contribution in [3.05, 3.63) is 23.9 Å². The van der Waals surface area contributed by atoms with E-state index in [1.165, 1.54) is 22.6 Å². The predicted octanol–water partition coefficient (Wildman–Crippen LogP) is 0.0651. The summed E-state index contributed by atoms with van der Waals surface area (Å²) < 4.78 is 25.9. The summed E-state index contributed by atoms with van der Waals surface area (Å²) in [5, 5.41) is 8.70. The fraction of sp³-hybridized carbons (Fsp3) is 0.455. The van der Waals surface area contributed by atoms with Crippen molar-refractivity contribution in [2.75, 3.05) is 13.1 Å². The van der Waals surface area contributed by atoms with Crippen LogP contribution in [0.3, 0.4) is 0 Å². The van der Waals surface area contributed by atoms with E-state index in [1.807, 2.05) is 6.07 Å². The third-order valence-electron chi connectivity index (χ3n) is 2.97. The van der Waals surface area contributed by atoms with Crippen LogP contribution in [0.5, 0.6) is 0 Å². The number of pyridine rings is 1. The van der Waals surface area contributed by atoms with E-state index in [0.29, 0.717) is 25.9 Å². The number of nitrogens with two attached hydrogens (primary N) is 1. The average Bonchev–Trinajstić information content (AvgIpc) is 2.39. The van der Waals surface area contributed by atoms with Crippen LogP contribution in [-0.2, 0) is 10.0 Å². The molecule has 2 heterocycles. The SMILES string of the molecule is N#Cc1ccnc(S(=O)(=O)N2CCC(N)CC2)c1. The minimum Gasteiger partial charge on any atom is -0.328 e. The van der Waals surface area contributed by atoms with Gasteiger partial charge in [0.05, 0.1) is 11.6 Å². The number of hydrogen-bond donors (Lipinski definition) is 1. The van der Waals surface area contributed by atoms with Crippen molar-refractivity contribution < 1.29 is 8.42 Å². The van der Waals surface area contributed by atoms with E-state index < -0.39 is 10.0 Å². The zero-order valence-electron chi connectivity index (χ0n) is 9.78. The van der Waals surface area contributed by atoms with Gasteiger partial charge in [0.2, 0.25) is 0 Å². The molecule has 0 atom stereocenters. The lowest BCUT2D eigenvalue weighted by atomic mass is 10.1. The van der Waals surface area contributed by atoms with E-state index in [0.717, 1.165) is 0 Å². The average molecular weight is 266 g/mol. The Balaban J connectivity index is 2.28. The molecule has 1 saturated heterocycles. The predicted molar refractivity (Wildman–Crippen MR) is 64.9 cm³/mol. The Morgan fingerprint density at radius 2 is 2.11 bits per heavy atom. The maximum Gasteiger partial charge on any atom is 0.260 e. The number of piperidine rings is 1. The fourth-order valence-corrected chi connectivity index (χ4v) is 3.29. The van der Waals surface area contributed by atoms with Gasteiger partial charge in [-0.05, 0) is 25.0 Å². The summed E-state index contributed by atoms with van der Waals surface area (Å²) in [5.74, 6) is 0. The van der Waals surface area contributed by atoms with Crippen LogP contribution in [0.2, 0.25) is 0 Å². The van der Waals surface area contributed by atoms with Crippen LogP contribution in [0.4, 0.5) is 0 Å². The molecule has 2 rings (SSSR count). The Kier molecular flexibility index (Phi) is 3.61. The normalized spacial score (nSPS) is 18.4. The Hall–Kier alpha value is -1.49. The van der Waals surface area contributed by atoms with Crippen LogP contribution in [-0.4, -0.2) is 36.8 Å². The van der Waals surface area contributed by atoms with Gasteiger partial charge in [-0.15, -0.1) is 0 Å². The Morgan fingerprint density at radius 3 is 2.72 bits per heavy atom. The van der Waals surface area contributed by atoms with Crippen LogP contribution < -0.4 is 5.73 Å². The lowest BCUT2D eigenvalue weighted by molar-refractivity contribution is 0.319. The molecule has 0 unspecified atom stereocenters. The molecule has 6 nitrogen and oxygen atoms in total. The van der Waals surface area contributed by atoms with Crippen LogP contribution in [0, 0.1) is 11.3 Å². The molecular weight excluding hydrogens is 252 g/mol. The molecule has 0 spiro atoms. The second-order valence-corrected chi connectivity index (χ2v) is 6.12. The van der Waals surface area contributed by atoms with Gasteiger partial charge in [0.1, 0.15) is 0 Å². The number of nitriles is 1. The van der Waals surface area contributed by atoms with Crippen molar-refractivity contribution >= 4 is 10.0 Å². The highest BCUT2D eigenvalue weighted by atomic mass is 32.2. The molecule has 0 aliphatic carbocycles. The monoisotopic (exact) mass is 266 g/mol. The van der Waals surface area contributed by atoms with E-state index in [4.69, 9.17) is 11.0 Å². The first-order valence-electron chi connectivity index (χ1n) is 5.66. The third-order valence-corrected chi connectivity index (χ3v) is 4.76. The van der Waals surface area contributed by atoms with Gasteiger partial charge in [-0.1, -0.05) is 0 Å². The summed E-state index contributed by atoms with van der Waals surface area (Å²) in [6.45, 7) is 0.809. The fourth-order valence-electron chi connectivity index (χ4n) is 1.87. The van der Waals surface area contributed by atoms with Gasteiger partial charge in [-0.25, -0.2) is 13.4 Å².